The molecule has 0 radical (unpaired) electrons. The zero-order chi connectivity index (χ0) is 13.1. The van der Waals surface area contributed by atoms with E-state index in [4.69, 9.17) is 5.73 Å². The van der Waals surface area contributed by atoms with Crippen LogP contribution in [0.25, 0.3) is 0 Å². The van der Waals surface area contributed by atoms with E-state index in [9.17, 15) is 8.78 Å². The van der Waals surface area contributed by atoms with Crippen molar-refractivity contribution in [2.75, 3.05) is 0 Å². The lowest BCUT2D eigenvalue weighted by molar-refractivity contribution is 0.404. The van der Waals surface area contributed by atoms with Crippen LogP contribution in [-0.2, 0) is 6.42 Å². The summed E-state index contributed by atoms with van der Waals surface area (Å²) in [5.41, 5.74) is 6.85. The van der Waals surface area contributed by atoms with Crippen LogP contribution in [0, 0.1) is 23.5 Å². The highest BCUT2D eigenvalue weighted by atomic mass is 19.1. The summed E-state index contributed by atoms with van der Waals surface area (Å²) in [7, 11) is 0. The number of benzene rings is 1. The quantitative estimate of drug-likeness (QED) is 0.870. The molecule has 0 amide bonds. The molecule has 2 N–H and O–H groups in total. The van der Waals surface area contributed by atoms with Crippen molar-refractivity contribution in [2.45, 2.75) is 45.1 Å². The molecular weight excluding hydrogens is 232 g/mol. The Hall–Kier alpha value is -0.960. The Morgan fingerprint density at radius 1 is 1.22 bits per heavy atom. The molecule has 1 aromatic rings. The fourth-order valence-corrected chi connectivity index (χ4v) is 3.04. The average Bonchev–Trinajstić information content (AvgIpc) is 2.75. The molecule has 0 spiro atoms. The molecule has 3 unspecified atom stereocenters. The van der Waals surface area contributed by atoms with Gasteiger partial charge in [0.25, 0.3) is 0 Å². The van der Waals surface area contributed by atoms with Crippen molar-refractivity contribution in [1.29, 1.82) is 0 Å². The molecule has 3 atom stereocenters. The van der Waals surface area contributed by atoms with Crippen molar-refractivity contribution in [2.24, 2.45) is 17.6 Å². The van der Waals surface area contributed by atoms with Crippen molar-refractivity contribution in [1.82, 2.24) is 0 Å². The van der Waals surface area contributed by atoms with E-state index in [0.717, 1.165) is 24.8 Å². The molecule has 18 heavy (non-hydrogen) atoms. The van der Waals surface area contributed by atoms with Gasteiger partial charge in [0.05, 0.1) is 0 Å². The maximum absolute atomic E-state index is 13.1. The Bertz CT molecular complexity index is 385. The zero-order valence-corrected chi connectivity index (χ0v) is 10.8. The second-order valence-corrected chi connectivity index (χ2v) is 5.49. The number of nitrogens with two attached hydrogens (primary N) is 1. The minimum absolute atomic E-state index is 0.0164. The van der Waals surface area contributed by atoms with Crippen molar-refractivity contribution < 1.29 is 8.78 Å². The van der Waals surface area contributed by atoms with Gasteiger partial charge < -0.3 is 5.73 Å². The van der Waals surface area contributed by atoms with E-state index in [0.29, 0.717) is 17.9 Å². The summed E-state index contributed by atoms with van der Waals surface area (Å²) < 4.78 is 26.2. The lowest BCUT2D eigenvalue weighted by Gasteiger charge is -2.19. The highest BCUT2D eigenvalue weighted by molar-refractivity contribution is 5.19. The first-order valence-corrected chi connectivity index (χ1v) is 6.79. The average molecular weight is 253 g/mol. The highest BCUT2D eigenvalue weighted by Gasteiger charge is 2.28. The number of hydrogen-bond acceptors (Lipinski definition) is 1. The summed E-state index contributed by atoms with van der Waals surface area (Å²) in [5, 5.41) is 0. The number of halogens is 2. The molecule has 1 aliphatic carbocycles. The molecular formula is C15H21F2N. The van der Waals surface area contributed by atoms with Gasteiger partial charge in [0.15, 0.2) is 0 Å². The summed E-state index contributed by atoms with van der Waals surface area (Å²) in [5.74, 6) is 0.247. The number of hydrogen-bond donors (Lipinski definition) is 1. The van der Waals surface area contributed by atoms with Gasteiger partial charge in [-0.05, 0) is 48.8 Å². The monoisotopic (exact) mass is 253 g/mol. The van der Waals surface area contributed by atoms with Crippen molar-refractivity contribution in [3.8, 4) is 0 Å². The Labute approximate surface area is 107 Å². The van der Waals surface area contributed by atoms with Crippen molar-refractivity contribution >= 4 is 0 Å². The molecule has 100 valence electrons. The molecule has 1 aromatic carbocycles. The Balaban J connectivity index is 1.96. The molecule has 0 bridgehead atoms. The molecule has 0 aliphatic heterocycles. The van der Waals surface area contributed by atoms with E-state index in [1.807, 2.05) is 0 Å². The SMILES string of the molecule is CCC1CCC(C(N)Cc2cc(F)cc(F)c2)C1. The predicted octanol–water partition coefficient (Wildman–Crippen LogP) is 3.66. The molecule has 1 nitrogen and oxygen atoms in total. The lowest BCUT2D eigenvalue weighted by Crippen LogP contribution is -2.31. The van der Waals surface area contributed by atoms with Gasteiger partial charge >= 0.3 is 0 Å². The highest BCUT2D eigenvalue weighted by Crippen LogP contribution is 2.35. The van der Waals surface area contributed by atoms with E-state index < -0.39 is 11.6 Å². The molecule has 0 heterocycles. The van der Waals surface area contributed by atoms with Gasteiger partial charge in [0.2, 0.25) is 0 Å². The molecule has 0 aromatic heterocycles. The summed E-state index contributed by atoms with van der Waals surface area (Å²) >= 11 is 0. The van der Waals surface area contributed by atoms with Gasteiger partial charge in [0, 0.05) is 12.1 Å². The fourth-order valence-electron chi connectivity index (χ4n) is 3.04. The first kappa shape index (κ1) is 13.5. The second-order valence-electron chi connectivity index (χ2n) is 5.49. The van der Waals surface area contributed by atoms with Crippen LogP contribution in [0.3, 0.4) is 0 Å². The summed E-state index contributed by atoms with van der Waals surface area (Å²) in [6.45, 7) is 2.21. The molecule has 0 saturated heterocycles. The summed E-state index contributed by atoms with van der Waals surface area (Å²) in [4.78, 5) is 0. The van der Waals surface area contributed by atoms with E-state index in [-0.39, 0.29) is 6.04 Å². The van der Waals surface area contributed by atoms with Crippen LogP contribution >= 0.6 is 0 Å². The van der Waals surface area contributed by atoms with Gasteiger partial charge in [-0.1, -0.05) is 19.8 Å². The van der Waals surface area contributed by atoms with Gasteiger partial charge in [-0.3, -0.25) is 0 Å². The van der Waals surface area contributed by atoms with E-state index in [1.165, 1.54) is 25.0 Å². The maximum atomic E-state index is 13.1. The van der Waals surface area contributed by atoms with Crippen molar-refractivity contribution in [3.05, 3.63) is 35.4 Å². The number of rotatable bonds is 4. The smallest absolute Gasteiger partial charge is 0.126 e. The maximum Gasteiger partial charge on any atom is 0.126 e. The third-order valence-corrected chi connectivity index (χ3v) is 4.16. The third-order valence-electron chi connectivity index (χ3n) is 4.16. The van der Waals surface area contributed by atoms with E-state index in [2.05, 4.69) is 6.92 Å². The first-order valence-electron chi connectivity index (χ1n) is 6.79. The van der Waals surface area contributed by atoms with Crippen LogP contribution in [0.15, 0.2) is 18.2 Å². The van der Waals surface area contributed by atoms with Crippen LogP contribution in [0.2, 0.25) is 0 Å². The van der Waals surface area contributed by atoms with Gasteiger partial charge in [-0.2, -0.15) is 0 Å². The van der Waals surface area contributed by atoms with E-state index >= 15 is 0 Å². The summed E-state index contributed by atoms with van der Waals surface area (Å²) in [6, 6.07) is 3.69. The van der Waals surface area contributed by atoms with E-state index in [1.54, 1.807) is 0 Å². The van der Waals surface area contributed by atoms with Crippen LogP contribution in [0.4, 0.5) is 8.78 Å². The molecule has 1 aliphatic rings. The molecule has 3 heteroatoms. The topological polar surface area (TPSA) is 26.0 Å². The Kier molecular flexibility index (Phi) is 4.33. The van der Waals surface area contributed by atoms with Gasteiger partial charge in [-0.25, -0.2) is 8.78 Å². The zero-order valence-electron chi connectivity index (χ0n) is 10.8. The van der Waals surface area contributed by atoms with Gasteiger partial charge in [-0.15, -0.1) is 0 Å². The largest absolute Gasteiger partial charge is 0.327 e. The molecule has 1 fully saturated rings. The Morgan fingerprint density at radius 2 is 1.89 bits per heavy atom. The fraction of sp³-hybridized carbons (Fsp3) is 0.600. The molecule has 1 saturated carbocycles. The minimum Gasteiger partial charge on any atom is -0.327 e. The molecule has 2 rings (SSSR count). The second kappa shape index (κ2) is 5.79. The Morgan fingerprint density at radius 3 is 2.44 bits per heavy atom. The van der Waals surface area contributed by atoms with Crippen molar-refractivity contribution in [3.63, 3.8) is 0 Å². The van der Waals surface area contributed by atoms with Crippen LogP contribution in [0.5, 0.6) is 0 Å². The summed E-state index contributed by atoms with van der Waals surface area (Å²) in [6.07, 6.45) is 5.33. The van der Waals surface area contributed by atoms with Crippen LogP contribution < -0.4 is 5.73 Å². The first-order chi connectivity index (χ1) is 8.58. The standard InChI is InChI=1S/C15H21F2N/c1-2-10-3-4-12(5-10)15(18)8-11-6-13(16)9-14(17)7-11/h6-7,9-10,12,15H,2-5,8,18H2,1H3. The lowest BCUT2D eigenvalue weighted by atomic mass is 9.91. The van der Waals surface area contributed by atoms with Crippen LogP contribution in [0.1, 0.15) is 38.2 Å². The normalized spacial score (nSPS) is 25.3. The van der Waals surface area contributed by atoms with Gasteiger partial charge in [0.1, 0.15) is 11.6 Å². The predicted molar refractivity (Wildman–Crippen MR) is 69.2 cm³/mol. The minimum atomic E-state index is -0.518. The third kappa shape index (κ3) is 3.29. The van der Waals surface area contributed by atoms with Crippen LogP contribution in [-0.4, -0.2) is 6.04 Å².